The van der Waals surface area contributed by atoms with Crippen molar-refractivity contribution >= 4 is 17.5 Å². The molecule has 1 atom stereocenters. The van der Waals surface area contributed by atoms with Crippen LogP contribution in [-0.4, -0.2) is 22.5 Å². The first-order chi connectivity index (χ1) is 13.2. The van der Waals surface area contributed by atoms with E-state index in [0.29, 0.717) is 23.8 Å². The molecule has 1 unspecified atom stereocenters. The number of hydrogen-bond acceptors (Lipinski definition) is 5. The van der Waals surface area contributed by atoms with E-state index in [1.807, 2.05) is 56.3 Å². The maximum atomic E-state index is 12.3. The SMILES string of the molecule is CCOc1ccc(NC(=O)c2cnc(NC(C)c3ccccc3)nc2)cc1. The predicted molar refractivity (Wildman–Crippen MR) is 106 cm³/mol. The lowest BCUT2D eigenvalue weighted by molar-refractivity contribution is 0.102. The monoisotopic (exact) mass is 362 g/mol. The van der Waals surface area contributed by atoms with E-state index in [1.165, 1.54) is 12.4 Å². The highest BCUT2D eigenvalue weighted by Gasteiger charge is 2.10. The van der Waals surface area contributed by atoms with Crippen LogP contribution in [0.1, 0.15) is 35.8 Å². The summed E-state index contributed by atoms with van der Waals surface area (Å²) in [6, 6.07) is 17.3. The molecule has 0 saturated carbocycles. The van der Waals surface area contributed by atoms with Gasteiger partial charge in [0, 0.05) is 18.1 Å². The van der Waals surface area contributed by atoms with E-state index in [9.17, 15) is 4.79 Å². The average molecular weight is 362 g/mol. The fourth-order valence-electron chi connectivity index (χ4n) is 2.54. The van der Waals surface area contributed by atoms with Gasteiger partial charge in [0.1, 0.15) is 5.75 Å². The quantitative estimate of drug-likeness (QED) is 0.655. The van der Waals surface area contributed by atoms with Gasteiger partial charge in [-0.2, -0.15) is 0 Å². The fourth-order valence-corrected chi connectivity index (χ4v) is 2.54. The number of ether oxygens (including phenoxy) is 1. The number of aromatic nitrogens is 2. The summed E-state index contributed by atoms with van der Waals surface area (Å²) in [5.41, 5.74) is 2.21. The van der Waals surface area contributed by atoms with E-state index in [2.05, 4.69) is 20.6 Å². The smallest absolute Gasteiger partial charge is 0.258 e. The molecule has 0 fully saturated rings. The van der Waals surface area contributed by atoms with Crippen molar-refractivity contribution in [3.63, 3.8) is 0 Å². The van der Waals surface area contributed by atoms with Crippen molar-refractivity contribution in [1.29, 1.82) is 0 Å². The number of benzene rings is 2. The molecule has 1 amide bonds. The summed E-state index contributed by atoms with van der Waals surface area (Å²) in [5.74, 6) is 0.979. The van der Waals surface area contributed by atoms with Gasteiger partial charge in [-0.15, -0.1) is 0 Å². The Bertz CT molecular complexity index is 865. The molecule has 0 spiro atoms. The molecule has 1 aromatic heterocycles. The van der Waals surface area contributed by atoms with Gasteiger partial charge in [-0.3, -0.25) is 4.79 Å². The van der Waals surface area contributed by atoms with Gasteiger partial charge in [0.15, 0.2) is 0 Å². The highest BCUT2D eigenvalue weighted by Crippen LogP contribution is 2.18. The van der Waals surface area contributed by atoms with Crippen LogP contribution in [0.15, 0.2) is 67.0 Å². The minimum Gasteiger partial charge on any atom is -0.494 e. The molecule has 0 aliphatic rings. The zero-order valence-corrected chi connectivity index (χ0v) is 15.3. The molecule has 0 aliphatic carbocycles. The zero-order chi connectivity index (χ0) is 19.1. The second-order valence-corrected chi connectivity index (χ2v) is 5.98. The topological polar surface area (TPSA) is 76.1 Å². The number of carbonyl (C=O) groups is 1. The Hall–Kier alpha value is -3.41. The van der Waals surface area contributed by atoms with Gasteiger partial charge >= 0.3 is 0 Å². The minimum atomic E-state index is -0.262. The predicted octanol–water partition coefficient (Wildman–Crippen LogP) is 4.30. The van der Waals surface area contributed by atoms with Crippen LogP contribution in [-0.2, 0) is 0 Å². The van der Waals surface area contributed by atoms with Gasteiger partial charge < -0.3 is 15.4 Å². The molecule has 0 aliphatic heterocycles. The maximum absolute atomic E-state index is 12.3. The Morgan fingerprint density at radius 1 is 1.04 bits per heavy atom. The fraction of sp³-hybridized carbons (Fsp3) is 0.190. The van der Waals surface area contributed by atoms with Crippen molar-refractivity contribution in [1.82, 2.24) is 9.97 Å². The minimum absolute atomic E-state index is 0.0646. The molecule has 0 bridgehead atoms. The van der Waals surface area contributed by atoms with E-state index < -0.39 is 0 Å². The summed E-state index contributed by atoms with van der Waals surface area (Å²) < 4.78 is 5.39. The Morgan fingerprint density at radius 2 is 1.70 bits per heavy atom. The number of nitrogens with one attached hydrogen (secondary N) is 2. The zero-order valence-electron chi connectivity index (χ0n) is 15.3. The highest BCUT2D eigenvalue weighted by atomic mass is 16.5. The van der Waals surface area contributed by atoms with Crippen molar-refractivity contribution < 1.29 is 9.53 Å². The summed E-state index contributed by atoms with van der Waals surface area (Å²) >= 11 is 0. The summed E-state index contributed by atoms with van der Waals surface area (Å²) in [7, 11) is 0. The second-order valence-electron chi connectivity index (χ2n) is 5.98. The number of amides is 1. The van der Waals surface area contributed by atoms with Crippen LogP contribution < -0.4 is 15.4 Å². The van der Waals surface area contributed by atoms with Gasteiger partial charge in [-0.25, -0.2) is 9.97 Å². The molecule has 3 aromatic rings. The highest BCUT2D eigenvalue weighted by molar-refractivity contribution is 6.03. The molecular formula is C21H22N4O2. The molecule has 27 heavy (non-hydrogen) atoms. The van der Waals surface area contributed by atoms with E-state index in [4.69, 9.17) is 4.74 Å². The van der Waals surface area contributed by atoms with Crippen LogP contribution in [0.4, 0.5) is 11.6 Å². The van der Waals surface area contributed by atoms with Gasteiger partial charge in [-0.05, 0) is 43.7 Å². The van der Waals surface area contributed by atoms with Crippen LogP contribution in [0, 0.1) is 0 Å². The van der Waals surface area contributed by atoms with E-state index in [1.54, 1.807) is 12.1 Å². The Labute approximate surface area is 158 Å². The van der Waals surface area contributed by atoms with Gasteiger partial charge in [0.2, 0.25) is 5.95 Å². The Morgan fingerprint density at radius 3 is 2.33 bits per heavy atom. The second kappa shape index (κ2) is 8.80. The number of hydrogen-bond donors (Lipinski definition) is 2. The largest absolute Gasteiger partial charge is 0.494 e. The van der Waals surface area contributed by atoms with E-state index in [0.717, 1.165) is 11.3 Å². The lowest BCUT2D eigenvalue weighted by Crippen LogP contribution is -2.14. The third-order valence-corrected chi connectivity index (χ3v) is 3.98. The molecule has 1 heterocycles. The van der Waals surface area contributed by atoms with Gasteiger partial charge in [0.25, 0.3) is 5.91 Å². The Kier molecular flexibility index (Phi) is 5.99. The molecule has 138 valence electrons. The summed E-state index contributed by atoms with van der Waals surface area (Å²) in [6.07, 6.45) is 3.02. The lowest BCUT2D eigenvalue weighted by atomic mass is 10.1. The van der Waals surface area contributed by atoms with Crippen LogP contribution in [0.3, 0.4) is 0 Å². The molecule has 0 saturated heterocycles. The first-order valence-electron chi connectivity index (χ1n) is 8.83. The third-order valence-electron chi connectivity index (χ3n) is 3.98. The van der Waals surface area contributed by atoms with Gasteiger partial charge in [-0.1, -0.05) is 30.3 Å². The number of rotatable bonds is 7. The third kappa shape index (κ3) is 5.04. The van der Waals surface area contributed by atoms with Crippen LogP contribution >= 0.6 is 0 Å². The maximum Gasteiger partial charge on any atom is 0.258 e. The summed E-state index contributed by atoms with van der Waals surface area (Å²) in [5, 5.41) is 6.04. The normalized spacial score (nSPS) is 11.5. The average Bonchev–Trinajstić information content (AvgIpc) is 2.71. The molecule has 6 heteroatoms. The number of nitrogens with zero attached hydrogens (tertiary/aromatic N) is 2. The lowest BCUT2D eigenvalue weighted by Gasteiger charge is -2.14. The van der Waals surface area contributed by atoms with E-state index >= 15 is 0 Å². The Balaban J connectivity index is 1.60. The first kappa shape index (κ1) is 18.4. The molecule has 3 rings (SSSR count). The van der Waals surface area contributed by atoms with Gasteiger partial charge in [0.05, 0.1) is 18.2 Å². The molecule has 0 radical (unpaired) electrons. The van der Waals surface area contributed by atoms with Crippen molar-refractivity contribution in [2.75, 3.05) is 17.2 Å². The van der Waals surface area contributed by atoms with Crippen LogP contribution in [0.5, 0.6) is 5.75 Å². The van der Waals surface area contributed by atoms with E-state index in [-0.39, 0.29) is 11.9 Å². The summed E-state index contributed by atoms with van der Waals surface area (Å²) in [4.78, 5) is 20.8. The molecule has 2 aromatic carbocycles. The van der Waals surface area contributed by atoms with Crippen LogP contribution in [0.2, 0.25) is 0 Å². The summed E-state index contributed by atoms with van der Waals surface area (Å²) in [6.45, 7) is 4.56. The number of carbonyl (C=O) groups excluding carboxylic acids is 1. The standard InChI is InChI=1S/C21H22N4O2/c1-3-27-19-11-9-18(10-12-19)25-20(26)17-13-22-21(23-14-17)24-15(2)16-7-5-4-6-8-16/h4-15H,3H2,1-2H3,(H,25,26)(H,22,23,24). The molecule has 6 nitrogen and oxygen atoms in total. The molecular weight excluding hydrogens is 340 g/mol. The molecule has 2 N–H and O–H groups in total. The van der Waals surface area contributed by atoms with Crippen LogP contribution in [0.25, 0.3) is 0 Å². The van der Waals surface area contributed by atoms with Crippen molar-refractivity contribution in [2.45, 2.75) is 19.9 Å². The number of anilines is 2. The van der Waals surface area contributed by atoms with Crippen molar-refractivity contribution in [3.8, 4) is 5.75 Å². The van der Waals surface area contributed by atoms with Crippen molar-refractivity contribution in [2.24, 2.45) is 0 Å². The van der Waals surface area contributed by atoms with Crippen molar-refractivity contribution in [3.05, 3.63) is 78.1 Å². The first-order valence-corrected chi connectivity index (χ1v) is 8.83.